The van der Waals surface area contributed by atoms with Gasteiger partial charge < -0.3 is 14.5 Å². The highest BCUT2D eigenvalue weighted by atomic mass is 35.5. The summed E-state index contributed by atoms with van der Waals surface area (Å²) in [4.78, 5) is 17.2. The third-order valence-electron chi connectivity index (χ3n) is 4.51. The molecule has 0 unspecified atom stereocenters. The van der Waals surface area contributed by atoms with Gasteiger partial charge in [0.05, 0.1) is 6.04 Å². The van der Waals surface area contributed by atoms with E-state index < -0.39 is 6.10 Å². The molecule has 0 N–H and O–H groups in total. The first-order valence-electron chi connectivity index (χ1n) is 8.51. The fraction of sp³-hybridized carbons (Fsp3) is 0.350. The summed E-state index contributed by atoms with van der Waals surface area (Å²) in [5, 5.41) is 0.596. The number of nitrogens with zero attached hydrogens (tertiary/aromatic N) is 2. The SMILES string of the molecule is C[C@@H](Oc1cccc(Cl)c1)C(=O)N1CCN(C)C[C@@H]1c1ccccc1. The summed E-state index contributed by atoms with van der Waals surface area (Å²) in [6, 6.07) is 17.4. The van der Waals surface area contributed by atoms with Crippen molar-refractivity contribution in [2.75, 3.05) is 26.7 Å². The van der Waals surface area contributed by atoms with E-state index >= 15 is 0 Å². The molecule has 1 heterocycles. The van der Waals surface area contributed by atoms with Gasteiger partial charge in [0, 0.05) is 24.7 Å². The first-order chi connectivity index (χ1) is 12.0. The van der Waals surface area contributed by atoms with Crippen LogP contribution >= 0.6 is 11.6 Å². The Balaban J connectivity index is 1.76. The second-order valence-electron chi connectivity index (χ2n) is 6.44. The molecule has 1 amide bonds. The zero-order valence-electron chi connectivity index (χ0n) is 14.6. The molecule has 0 bridgehead atoms. The van der Waals surface area contributed by atoms with Gasteiger partial charge in [0.25, 0.3) is 5.91 Å². The molecule has 4 nitrogen and oxygen atoms in total. The summed E-state index contributed by atoms with van der Waals surface area (Å²) in [6.07, 6.45) is -0.562. The Morgan fingerprint density at radius 2 is 1.92 bits per heavy atom. The molecule has 2 aromatic carbocycles. The highest BCUT2D eigenvalue weighted by molar-refractivity contribution is 6.30. The van der Waals surface area contributed by atoms with Gasteiger partial charge in [-0.1, -0.05) is 48.0 Å². The van der Waals surface area contributed by atoms with Crippen LogP contribution in [0.2, 0.25) is 5.02 Å². The van der Waals surface area contributed by atoms with Gasteiger partial charge in [-0.05, 0) is 37.7 Å². The van der Waals surface area contributed by atoms with Crippen LogP contribution in [0, 0.1) is 0 Å². The zero-order chi connectivity index (χ0) is 17.8. The van der Waals surface area contributed by atoms with E-state index in [1.807, 2.05) is 35.2 Å². The van der Waals surface area contributed by atoms with Crippen molar-refractivity contribution < 1.29 is 9.53 Å². The third kappa shape index (κ3) is 4.33. The fourth-order valence-corrected chi connectivity index (χ4v) is 3.35. The first-order valence-corrected chi connectivity index (χ1v) is 8.88. The number of ether oxygens (including phenoxy) is 1. The molecule has 0 aliphatic carbocycles. The number of rotatable bonds is 4. The summed E-state index contributed by atoms with van der Waals surface area (Å²) < 4.78 is 5.83. The van der Waals surface area contributed by atoms with Crippen LogP contribution in [0.25, 0.3) is 0 Å². The van der Waals surface area contributed by atoms with E-state index in [1.54, 1.807) is 19.1 Å². The van der Waals surface area contributed by atoms with Crippen molar-refractivity contribution in [3.05, 3.63) is 65.2 Å². The number of hydrogen-bond donors (Lipinski definition) is 0. The minimum Gasteiger partial charge on any atom is -0.481 e. The summed E-state index contributed by atoms with van der Waals surface area (Å²) in [5.41, 5.74) is 1.15. The summed E-state index contributed by atoms with van der Waals surface area (Å²) in [6.45, 7) is 4.17. The molecule has 25 heavy (non-hydrogen) atoms. The molecule has 0 spiro atoms. The molecule has 1 fully saturated rings. The van der Waals surface area contributed by atoms with Crippen LogP contribution in [0.4, 0.5) is 0 Å². The maximum Gasteiger partial charge on any atom is 0.263 e. The number of carbonyl (C=O) groups excluding carboxylic acids is 1. The van der Waals surface area contributed by atoms with Crippen LogP contribution in [-0.2, 0) is 4.79 Å². The van der Waals surface area contributed by atoms with Crippen molar-refractivity contribution in [2.24, 2.45) is 0 Å². The summed E-state index contributed by atoms with van der Waals surface area (Å²) in [5.74, 6) is 0.612. The van der Waals surface area contributed by atoms with Gasteiger partial charge >= 0.3 is 0 Å². The van der Waals surface area contributed by atoms with Gasteiger partial charge in [-0.3, -0.25) is 4.79 Å². The molecule has 3 rings (SSSR count). The van der Waals surface area contributed by atoms with Gasteiger partial charge in [0.1, 0.15) is 5.75 Å². The number of piperazine rings is 1. The van der Waals surface area contributed by atoms with E-state index in [1.165, 1.54) is 0 Å². The number of likely N-dealkylation sites (N-methyl/N-ethyl adjacent to an activating group) is 1. The highest BCUT2D eigenvalue weighted by Gasteiger charge is 2.33. The van der Waals surface area contributed by atoms with E-state index in [2.05, 4.69) is 24.1 Å². The van der Waals surface area contributed by atoms with Crippen molar-refractivity contribution >= 4 is 17.5 Å². The Labute approximate surface area is 154 Å². The van der Waals surface area contributed by atoms with E-state index in [9.17, 15) is 4.79 Å². The lowest BCUT2D eigenvalue weighted by Crippen LogP contribution is -2.52. The van der Waals surface area contributed by atoms with E-state index in [-0.39, 0.29) is 11.9 Å². The van der Waals surface area contributed by atoms with Gasteiger partial charge in [-0.2, -0.15) is 0 Å². The summed E-state index contributed by atoms with van der Waals surface area (Å²) >= 11 is 5.99. The van der Waals surface area contributed by atoms with Crippen LogP contribution in [-0.4, -0.2) is 48.5 Å². The largest absolute Gasteiger partial charge is 0.481 e. The van der Waals surface area contributed by atoms with Gasteiger partial charge in [0.15, 0.2) is 6.10 Å². The molecule has 0 aromatic heterocycles. The molecule has 5 heteroatoms. The minimum absolute atomic E-state index is 0.00179. The molecule has 1 aliphatic rings. The number of amides is 1. The molecule has 0 saturated carbocycles. The predicted molar refractivity (Wildman–Crippen MR) is 99.9 cm³/mol. The van der Waals surface area contributed by atoms with Gasteiger partial charge in [-0.25, -0.2) is 0 Å². The monoisotopic (exact) mass is 358 g/mol. The van der Waals surface area contributed by atoms with Crippen molar-refractivity contribution in [2.45, 2.75) is 19.1 Å². The first kappa shape index (κ1) is 17.8. The molecular weight excluding hydrogens is 336 g/mol. The van der Waals surface area contributed by atoms with E-state index in [0.717, 1.165) is 18.7 Å². The Bertz CT molecular complexity index is 723. The Kier molecular flexibility index (Phi) is 5.61. The van der Waals surface area contributed by atoms with Crippen LogP contribution in [0.3, 0.4) is 0 Å². The molecule has 132 valence electrons. The minimum atomic E-state index is -0.562. The van der Waals surface area contributed by atoms with Crippen molar-refractivity contribution in [3.63, 3.8) is 0 Å². The molecule has 2 aromatic rings. The topological polar surface area (TPSA) is 32.8 Å². The molecule has 0 radical (unpaired) electrons. The van der Waals surface area contributed by atoms with Crippen molar-refractivity contribution in [3.8, 4) is 5.75 Å². The third-order valence-corrected chi connectivity index (χ3v) is 4.74. The number of benzene rings is 2. The lowest BCUT2D eigenvalue weighted by atomic mass is 10.0. The maximum absolute atomic E-state index is 13.0. The normalized spacial score (nSPS) is 19.5. The number of carbonyl (C=O) groups is 1. The zero-order valence-corrected chi connectivity index (χ0v) is 15.3. The lowest BCUT2D eigenvalue weighted by molar-refractivity contribution is -0.143. The van der Waals surface area contributed by atoms with Crippen molar-refractivity contribution in [1.29, 1.82) is 0 Å². The number of hydrogen-bond acceptors (Lipinski definition) is 3. The average molecular weight is 359 g/mol. The number of halogens is 1. The molecule has 2 atom stereocenters. The average Bonchev–Trinajstić information content (AvgIpc) is 2.62. The van der Waals surface area contributed by atoms with E-state index in [0.29, 0.717) is 17.3 Å². The Morgan fingerprint density at radius 1 is 1.16 bits per heavy atom. The second kappa shape index (κ2) is 7.89. The predicted octanol–water partition coefficient (Wildman–Crippen LogP) is 3.62. The van der Waals surface area contributed by atoms with Gasteiger partial charge in [0.2, 0.25) is 0 Å². The smallest absolute Gasteiger partial charge is 0.263 e. The lowest BCUT2D eigenvalue weighted by Gasteiger charge is -2.41. The quantitative estimate of drug-likeness (QED) is 0.836. The fourth-order valence-electron chi connectivity index (χ4n) is 3.17. The molecular formula is C20H23ClN2O2. The summed E-state index contributed by atoms with van der Waals surface area (Å²) in [7, 11) is 2.09. The van der Waals surface area contributed by atoms with Crippen LogP contribution in [0.5, 0.6) is 5.75 Å². The van der Waals surface area contributed by atoms with Crippen molar-refractivity contribution in [1.82, 2.24) is 9.80 Å². The van der Waals surface area contributed by atoms with Gasteiger partial charge in [-0.15, -0.1) is 0 Å². The standard InChI is InChI=1S/C20H23ClN2O2/c1-15(25-18-10-6-9-17(21)13-18)20(24)23-12-11-22(2)14-19(23)16-7-4-3-5-8-16/h3-10,13,15,19H,11-12,14H2,1-2H3/t15-,19-/m1/s1. The second-order valence-corrected chi connectivity index (χ2v) is 6.87. The Hall–Kier alpha value is -2.04. The highest BCUT2D eigenvalue weighted by Crippen LogP contribution is 2.26. The molecule has 1 aliphatic heterocycles. The van der Waals surface area contributed by atoms with Crippen LogP contribution < -0.4 is 4.74 Å². The molecule has 1 saturated heterocycles. The maximum atomic E-state index is 13.0. The van der Waals surface area contributed by atoms with Crippen LogP contribution in [0.1, 0.15) is 18.5 Å². The van der Waals surface area contributed by atoms with E-state index in [4.69, 9.17) is 16.3 Å². The van der Waals surface area contributed by atoms with Crippen LogP contribution in [0.15, 0.2) is 54.6 Å². The Morgan fingerprint density at radius 3 is 2.64 bits per heavy atom.